The fourth-order valence-corrected chi connectivity index (χ4v) is 3.67. The van der Waals surface area contributed by atoms with Gasteiger partial charge in [-0.3, -0.25) is 0 Å². The molecule has 0 fully saturated rings. The van der Waals surface area contributed by atoms with E-state index in [0.29, 0.717) is 24.9 Å². The molecule has 0 atom stereocenters. The molecule has 0 saturated carbocycles. The Labute approximate surface area is 178 Å². The molecule has 2 aromatic carbocycles. The minimum Gasteiger partial charge on any atom is -0.467 e. The standard InChI is InChI=1S/C25H19N3O3/c1-17-11-12-20(30-17)16-28(15-19-8-5-13-29-19)25-23(14-26)27-24(31-25)22-10-4-7-18-6-2-3-9-21(18)22/h2-13H,15-16H2,1H3. The molecule has 0 saturated heterocycles. The number of rotatable bonds is 6. The van der Waals surface area contributed by atoms with Crippen LogP contribution in [-0.4, -0.2) is 4.98 Å². The maximum absolute atomic E-state index is 9.79. The van der Waals surface area contributed by atoms with Gasteiger partial charge in [0.25, 0.3) is 0 Å². The number of fused-ring (bicyclic) bond motifs is 1. The van der Waals surface area contributed by atoms with Crippen LogP contribution in [0.15, 0.2) is 86.2 Å². The van der Waals surface area contributed by atoms with Crippen LogP contribution in [0.1, 0.15) is 23.0 Å². The lowest BCUT2D eigenvalue weighted by Gasteiger charge is -2.19. The number of nitriles is 1. The van der Waals surface area contributed by atoms with Crippen LogP contribution in [-0.2, 0) is 13.1 Å². The van der Waals surface area contributed by atoms with Crippen molar-refractivity contribution >= 4 is 16.7 Å². The van der Waals surface area contributed by atoms with Gasteiger partial charge >= 0.3 is 0 Å². The zero-order valence-electron chi connectivity index (χ0n) is 16.9. The summed E-state index contributed by atoms with van der Waals surface area (Å²) < 4.78 is 17.5. The number of hydrogen-bond donors (Lipinski definition) is 0. The first-order chi connectivity index (χ1) is 15.2. The van der Waals surface area contributed by atoms with Crippen LogP contribution >= 0.6 is 0 Å². The molecule has 0 bridgehead atoms. The van der Waals surface area contributed by atoms with Crippen LogP contribution < -0.4 is 4.90 Å². The molecule has 0 spiro atoms. The van der Waals surface area contributed by atoms with Gasteiger partial charge in [-0.15, -0.1) is 0 Å². The Kier molecular flexibility index (Phi) is 4.77. The number of aryl methyl sites for hydroxylation is 1. The number of hydrogen-bond acceptors (Lipinski definition) is 6. The minimum atomic E-state index is 0.220. The van der Waals surface area contributed by atoms with Crippen molar-refractivity contribution in [1.29, 1.82) is 5.26 Å². The molecule has 0 aliphatic rings. The van der Waals surface area contributed by atoms with E-state index in [1.807, 2.05) is 78.6 Å². The first-order valence-electron chi connectivity index (χ1n) is 9.93. The van der Waals surface area contributed by atoms with Crippen LogP contribution in [0.25, 0.3) is 22.2 Å². The lowest BCUT2D eigenvalue weighted by Crippen LogP contribution is -2.22. The predicted octanol–water partition coefficient (Wildman–Crippen LogP) is 6.07. The highest BCUT2D eigenvalue weighted by Gasteiger charge is 2.23. The van der Waals surface area contributed by atoms with E-state index >= 15 is 0 Å². The molecule has 0 radical (unpaired) electrons. The molecule has 0 amide bonds. The van der Waals surface area contributed by atoms with Gasteiger partial charge in [0.15, 0.2) is 0 Å². The van der Waals surface area contributed by atoms with Crippen molar-refractivity contribution in [1.82, 2.24) is 4.98 Å². The molecule has 31 heavy (non-hydrogen) atoms. The summed E-state index contributed by atoms with van der Waals surface area (Å²) in [5.74, 6) is 3.12. The zero-order valence-corrected chi connectivity index (χ0v) is 16.9. The van der Waals surface area contributed by atoms with Crippen LogP contribution in [0.3, 0.4) is 0 Å². The van der Waals surface area contributed by atoms with Crippen LogP contribution in [0.5, 0.6) is 0 Å². The summed E-state index contributed by atoms with van der Waals surface area (Å²) in [6, 6.07) is 23.7. The van der Waals surface area contributed by atoms with Crippen LogP contribution in [0.4, 0.5) is 5.88 Å². The Morgan fingerprint density at radius 2 is 1.74 bits per heavy atom. The molecule has 6 heteroatoms. The Hall–Kier alpha value is -4.24. The van der Waals surface area contributed by atoms with E-state index in [1.165, 1.54) is 0 Å². The van der Waals surface area contributed by atoms with Gasteiger partial charge in [0.05, 0.1) is 19.4 Å². The summed E-state index contributed by atoms with van der Waals surface area (Å²) in [5.41, 5.74) is 1.06. The van der Waals surface area contributed by atoms with E-state index in [2.05, 4.69) is 11.1 Å². The van der Waals surface area contributed by atoms with Gasteiger partial charge in [-0.05, 0) is 48.0 Å². The largest absolute Gasteiger partial charge is 0.467 e. The maximum atomic E-state index is 9.79. The highest BCUT2D eigenvalue weighted by molar-refractivity contribution is 5.94. The lowest BCUT2D eigenvalue weighted by molar-refractivity contribution is 0.447. The fourth-order valence-electron chi connectivity index (χ4n) is 3.67. The quantitative estimate of drug-likeness (QED) is 0.339. The molecule has 0 aliphatic carbocycles. The van der Waals surface area contributed by atoms with E-state index in [4.69, 9.17) is 13.3 Å². The number of nitrogens with zero attached hydrogens (tertiary/aromatic N) is 3. The summed E-state index contributed by atoms with van der Waals surface area (Å²) in [6.07, 6.45) is 1.62. The van der Waals surface area contributed by atoms with Gasteiger partial charge in [-0.25, -0.2) is 0 Å². The van der Waals surface area contributed by atoms with E-state index in [9.17, 15) is 5.26 Å². The average Bonchev–Trinajstić information content (AvgIpc) is 3.54. The molecule has 3 aromatic heterocycles. The molecule has 0 N–H and O–H groups in total. The van der Waals surface area contributed by atoms with Crippen molar-refractivity contribution in [2.75, 3.05) is 4.90 Å². The summed E-state index contributed by atoms with van der Waals surface area (Å²) in [5, 5.41) is 11.9. The summed E-state index contributed by atoms with van der Waals surface area (Å²) in [6.45, 7) is 2.72. The molecule has 3 heterocycles. The lowest BCUT2D eigenvalue weighted by atomic mass is 10.0. The molecule has 0 unspecified atom stereocenters. The van der Waals surface area contributed by atoms with Crippen molar-refractivity contribution < 1.29 is 13.3 Å². The Bertz CT molecular complexity index is 1370. The monoisotopic (exact) mass is 409 g/mol. The Balaban J connectivity index is 1.59. The number of benzene rings is 2. The molecule has 5 rings (SSSR count). The van der Waals surface area contributed by atoms with Gasteiger partial charge in [0, 0.05) is 5.56 Å². The fraction of sp³-hybridized carbons (Fsp3) is 0.120. The molecular formula is C25H19N3O3. The van der Waals surface area contributed by atoms with Gasteiger partial charge in [-0.1, -0.05) is 36.4 Å². The third-order valence-corrected chi connectivity index (χ3v) is 5.09. The van der Waals surface area contributed by atoms with Crippen molar-refractivity contribution in [2.45, 2.75) is 20.0 Å². The number of oxazole rings is 1. The molecule has 6 nitrogen and oxygen atoms in total. The van der Waals surface area contributed by atoms with Gasteiger partial charge in [0.1, 0.15) is 23.3 Å². The first kappa shape index (κ1) is 18.8. The third-order valence-electron chi connectivity index (χ3n) is 5.09. The topological polar surface area (TPSA) is 79.3 Å². The Morgan fingerprint density at radius 3 is 2.52 bits per heavy atom. The van der Waals surface area contributed by atoms with Crippen molar-refractivity contribution in [3.8, 4) is 17.5 Å². The van der Waals surface area contributed by atoms with Gasteiger partial charge in [-0.2, -0.15) is 10.2 Å². The highest BCUT2D eigenvalue weighted by atomic mass is 16.4. The van der Waals surface area contributed by atoms with E-state index < -0.39 is 0 Å². The second-order valence-electron chi connectivity index (χ2n) is 7.26. The van der Waals surface area contributed by atoms with Gasteiger partial charge in [0.2, 0.25) is 17.5 Å². The summed E-state index contributed by atoms with van der Waals surface area (Å²) >= 11 is 0. The second kappa shape index (κ2) is 7.88. The van der Waals surface area contributed by atoms with Crippen molar-refractivity contribution in [3.05, 3.63) is 96.0 Å². The first-order valence-corrected chi connectivity index (χ1v) is 9.93. The third kappa shape index (κ3) is 3.69. The Morgan fingerprint density at radius 1 is 0.903 bits per heavy atom. The summed E-state index contributed by atoms with van der Waals surface area (Å²) in [4.78, 5) is 6.42. The normalized spacial score (nSPS) is 11.0. The second-order valence-corrected chi connectivity index (χ2v) is 7.26. The van der Waals surface area contributed by atoms with Crippen LogP contribution in [0, 0.1) is 18.3 Å². The number of anilines is 1. The van der Waals surface area contributed by atoms with E-state index in [1.54, 1.807) is 6.26 Å². The SMILES string of the molecule is Cc1ccc(CN(Cc2ccco2)c2oc(-c3cccc4ccccc34)nc2C#N)o1. The smallest absolute Gasteiger partial charge is 0.235 e. The van der Waals surface area contributed by atoms with E-state index in [-0.39, 0.29) is 5.69 Å². The molecule has 5 aromatic rings. The molecule has 152 valence electrons. The highest BCUT2D eigenvalue weighted by Crippen LogP contribution is 2.34. The van der Waals surface area contributed by atoms with Crippen molar-refractivity contribution in [2.24, 2.45) is 0 Å². The van der Waals surface area contributed by atoms with E-state index in [0.717, 1.165) is 33.6 Å². The maximum Gasteiger partial charge on any atom is 0.235 e. The van der Waals surface area contributed by atoms with Crippen LogP contribution in [0.2, 0.25) is 0 Å². The number of aromatic nitrogens is 1. The predicted molar refractivity (Wildman–Crippen MR) is 116 cm³/mol. The zero-order chi connectivity index (χ0) is 21.2. The molecular weight excluding hydrogens is 390 g/mol. The van der Waals surface area contributed by atoms with Crippen molar-refractivity contribution in [3.63, 3.8) is 0 Å². The number of furan rings is 2. The average molecular weight is 409 g/mol. The van der Waals surface area contributed by atoms with Gasteiger partial charge < -0.3 is 18.2 Å². The minimum absolute atomic E-state index is 0.220. The summed E-state index contributed by atoms with van der Waals surface area (Å²) in [7, 11) is 0. The molecule has 0 aliphatic heterocycles.